The summed E-state index contributed by atoms with van der Waals surface area (Å²) in [6.07, 6.45) is 1.50. The fraction of sp³-hybridized carbons (Fsp3) is 0.429. The van der Waals surface area contributed by atoms with Crippen LogP contribution < -0.4 is 5.32 Å². The molecule has 108 valence electrons. The molecule has 0 saturated carbocycles. The van der Waals surface area contributed by atoms with Gasteiger partial charge < -0.3 is 10.4 Å². The van der Waals surface area contributed by atoms with Crippen LogP contribution in [0.2, 0.25) is 0 Å². The van der Waals surface area contributed by atoms with Crippen molar-refractivity contribution in [2.75, 3.05) is 11.5 Å². The number of aromatic carboxylic acids is 1. The lowest BCUT2D eigenvalue weighted by molar-refractivity contribution is -0.121. The zero-order valence-electron chi connectivity index (χ0n) is 11.0. The molecule has 0 spiro atoms. The van der Waals surface area contributed by atoms with Crippen molar-refractivity contribution >= 4 is 22.7 Å². The smallest absolute Gasteiger partial charge is 0.335 e. The third-order valence-corrected chi connectivity index (χ3v) is 4.73. The second-order valence-electron chi connectivity index (χ2n) is 4.83. The quantitative estimate of drug-likeness (QED) is 0.866. The number of carbonyl (C=O) groups excluding carboxylic acids is 1. The Morgan fingerprint density at radius 2 is 1.90 bits per heavy atom. The number of hydrogen-bond donors (Lipinski definition) is 2. The predicted molar refractivity (Wildman–Crippen MR) is 76.1 cm³/mol. The number of carbonyl (C=O) groups is 2. The third-order valence-electron chi connectivity index (χ3n) is 3.35. The van der Waals surface area contributed by atoms with Crippen molar-refractivity contribution in [2.24, 2.45) is 0 Å². The SMILES string of the molecule is O=C(Cc1ccccc1C(=O)O)NC1CCS(=O)CC1. The first-order valence-electron chi connectivity index (χ1n) is 6.52. The van der Waals surface area contributed by atoms with Crippen LogP contribution in [0, 0.1) is 0 Å². The second-order valence-corrected chi connectivity index (χ2v) is 6.53. The molecule has 2 rings (SSSR count). The average molecular weight is 295 g/mol. The highest BCUT2D eigenvalue weighted by atomic mass is 32.2. The van der Waals surface area contributed by atoms with Gasteiger partial charge in [-0.3, -0.25) is 9.00 Å². The van der Waals surface area contributed by atoms with Crippen LogP contribution in [0.4, 0.5) is 0 Å². The van der Waals surface area contributed by atoms with E-state index in [1.165, 1.54) is 6.07 Å². The predicted octanol–water partition coefficient (Wildman–Crippen LogP) is 0.955. The fourth-order valence-corrected chi connectivity index (χ4v) is 3.57. The van der Waals surface area contributed by atoms with Crippen molar-refractivity contribution in [2.45, 2.75) is 25.3 Å². The van der Waals surface area contributed by atoms with E-state index in [0.29, 0.717) is 17.1 Å². The summed E-state index contributed by atoms with van der Waals surface area (Å²) in [7, 11) is -0.753. The lowest BCUT2D eigenvalue weighted by Crippen LogP contribution is -2.40. The number of benzene rings is 1. The summed E-state index contributed by atoms with van der Waals surface area (Å²) in [6, 6.07) is 6.56. The highest BCUT2D eigenvalue weighted by molar-refractivity contribution is 7.85. The van der Waals surface area contributed by atoms with Gasteiger partial charge in [0.15, 0.2) is 0 Å². The summed E-state index contributed by atoms with van der Waals surface area (Å²) in [6.45, 7) is 0. The number of amides is 1. The first-order chi connectivity index (χ1) is 9.56. The van der Waals surface area contributed by atoms with Crippen LogP contribution >= 0.6 is 0 Å². The molecule has 1 heterocycles. The van der Waals surface area contributed by atoms with Gasteiger partial charge in [0.05, 0.1) is 12.0 Å². The van der Waals surface area contributed by atoms with E-state index in [1.54, 1.807) is 18.2 Å². The molecule has 1 aliphatic rings. The molecule has 2 N–H and O–H groups in total. The fourth-order valence-electron chi connectivity index (χ4n) is 2.27. The van der Waals surface area contributed by atoms with E-state index in [-0.39, 0.29) is 23.9 Å². The second kappa shape index (κ2) is 6.65. The molecule has 20 heavy (non-hydrogen) atoms. The molecule has 1 amide bonds. The Morgan fingerprint density at radius 1 is 1.25 bits per heavy atom. The maximum absolute atomic E-state index is 12.0. The van der Waals surface area contributed by atoms with Crippen molar-refractivity contribution in [3.63, 3.8) is 0 Å². The van der Waals surface area contributed by atoms with E-state index in [1.807, 2.05) is 0 Å². The van der Waals surface area contributed by atoms with Crippen LogP contribution in [0.25, 0.3) is 0 Å². The van der Waals surface area contributed by atoms with Crippen LogP contribution in [0.1, 0.15) is 28.8 Å². The van der Waals surface area contributed by atoms with Crippen molar-refractivity contribution in [1.82, 2.24) is 5.32 Å². The van der Waals surface area contributed by atoms with Crippen LogP contribution in [0.3, 0.4) is 0 Å². The zero-order chi connectivity index (χ0) is 14.5. The molecule has 1 fully saturated rings. The van der Waals surface area contributed by atoms with Gasteiger partial charge >= 0.3 is 5.97 Å². The third kappa shape index (κ3) is 3.90. The molecule has 0 unspecified atom stereocenters. The van der Waals surface area contributed by atoms with E-state index in [4.69, 9.17) is 5.11 Å². The Balaban J connectivity index is 1.95. The van der Waals surface area contributed by atoms with Gasteiger partial charge in [-0.2, -0.15) is 0 Å². The minimum atomic E-state index is -1.03. The molecule has 0 atom stereocenters. The van der Waals surface area contributed by atoms with E-state index < -0.39 is 16.8 Å². The van der Waals surface area contributed by atoms with Crippen molar-refractivity contribution < 1.29 is 18.9 Å². The lowest BCUT2D eigenvalue weighted by atomic mass is 10.0. The number of hydrogen-bond acceptors (Lipinski definition) is 3. The molecule has 0 aliphatic carbocycles. The Labute approximate surface area is 119 Å². The molecule has 0 radical (unpaired) electrons. The summed E-state index contributed by atoms with van der Waals surface area (Å²) in [5, 5.41) is 12.0. The number of carboxylic acids is 1. The Hall–Kier alpha value is -1.69. The summed E-state index contributed by atoms with van der Waals surface area (Å²) in [5.74, 6) is 0.0330. The molecule has 1 saturated heterocycles. The van der Waals surface area contributed by atoms with Gasteiger partial charge in [0.2, 0.25) is 5.91 Å². The van der Waals surface area contributed by atoms with Gasteiger partial charge in [0.1, 0.15) is 0 Å². The number of carboxylic acid groups (broad SMARTS) is 1. The van der Waals surface area contributed by atoms with E-state index >= 15 is 0 Å². The van der Waals surface area contributed by atoms with Crippen LogP contribution in [0.15, 0.2) is 24.3 Å². The van der Waals surface area contributed by atoms with Crippen molar-refractivity contribution in [1.29, 1.82) is 0 Å². The monoisotopic (exact) mass is 295 g/mol. The molecular formula is C14H17NO4S. The number of nitrogens with one attached hydrogen (secondary N) is 1. The number of rotatable bonds is 4. The van der Waals surface area contributed by atoms with Gasteiger partial charge in [-0.25, -0.2) is 4.79 Å². The minimum absolute atomic E-state index is 0.0530. The van der Waals surface area contributed by atoms with E-state index in [0.717, 1.165) is 12.8 Å². The normalized spacial score (nSPS) is 22.2. The molecule has 6 heteroatoms. The van der Waals surface area contributed by atoms with Crippen molar-refractivity contribution in [3.05, 3.63) is 35.4 Å². The first kappa shape index (κ1) is 14.7. The van der Waals surface area contributed by atoms with E-state index in [9.17, 15) is 13.8 Å². The molecule has 1 aliphatic heterocycles. The van der Waals surface area contributed by atoms with Gasteiger partial charge in [-0.1, -0.05) is 18.2 Å². The highest BCUT2D eigenvalue weighted by Gasteiger charge is 2.20. The van der Waals surface area contributed by atoms with Gasteiger partial charge in [0, 0.05) is 28.3 Å². The van der Waals surface area contributed by atoms with Crippen molar-refractivity contribution in [3.8, 4) is 0 Å². The van der Waals surface area contributed by atoms with Gasteiger partial charge in [0.25, 0.3) is 0 Å². The highest BCUT2D eigenvalue weighted by Crippen LogP contribution is 2.12. The molecule has 0 bridgehead atoms. The standard InChI is InChI=1S/C14H17NO4S/c16-13(15-11-5-7-20(19)8-6-11)9-10-3-1-2-4-12(10)14(17)18/h1-4,11H,5-9H2,(H,15,16)(H,17,18). The molecule has 5 nitrogen and oxygen atoms in total. The maximum Gasteiger partial charge on any atom is 0.335 e. The zero-order valence-corrected chi connectivity index (χ0v) is 11.8. The molecule has 1 aromatic rings. The van der Waals surface area contributed by atoms with Crippen LogP contribution in [0.5, 0.6) is 0 Å². The Morgan fingerprint density at radius 3 is 2.55 bits per heavy atom. The first-order valence-corrected chi connectivity index (χ1v) is 8.00. The average Bonchev–Trinajstić information content (AvgIpc) is 2.41. The molecular weight excluding hydrogens is 278 g/mol. The maximum atomic E-state index is 12.0. The molecule has 0 aromatic heterocycles. The summed E-state index contributed by atoms with van der Waals surface area (Å²) >= 11 is 0. The van der Waals surface area contributed by atoms with Crippen LogP contribution in [-0.4, -0.2) is 38.7 Å². The topological polar surface area (TPSA) is 83.5 Å². The molecule has 1 aromatic carbocycles. The summed E-state index contributed by atoms with van der Waals surface area (Å²) in [4.78, 5) is 23.0. The largest absolute Gasteiger partial charge is 0.478 e. The summed E-state index contributed by atoms with van der Waals surface area (Å²) < 4.78 is 11.2. The Kier molecular flexibility index (Phi) is 4.89. The Bertz CT molecular complexity index is 534. The van der Waals surface area contributed by atoms with Gasteiger partial charge in [-0.05, 0) is 24.5 Å². The van der Waals surface area contributed by atoms with Crippen LogP contribution in [-0.2, 0) is 22.0 Å². The van der Waals surface area contributed by atoms with E-state index in [2.05, 4.69) is 5.32 Å². The minimum Gasteiger partial charge on any atom is -0.478 e. The lowest BCUT2D eigenvalue weighted by Gasteiger charge is -2.22. The summed E-state index contributed by atoms with van der Waals surface area (Å²) in [5.41, 5.74) is 0.671. The van der Waals surface area contributed by atoms with Gasteiger partial charge in [-0.15, -0.1) is 0 Å².